The molecule has 108 valence electrons. The van der Waals surface area contributed by atoms with Crippen LogP contribution in [0, 0.1) is 0 Å². The zero-order valence-electron chi connectivity index (χ0n) is 11.0. The topological polar surface area (TPSA) is 41.5 Å². The largest absolute Gasteiger partial charge is 0.281 e. The highest BCUT2D eigenvalue weighted by Crippen LogP contribution is 2.30. The van der Waals surface area contributed by atoms with Gasteiger partial charge < -0.3 is 0 Å². The van der Waals surface area contributed by atoms with Crippen molar-refractivity contribution in [3.05, 3.63) is 55.2 Å². The number of hydrazone groups is 1. The molecule has 3 nitrogen and oxygen atoms in total. The fourth-order valence-electron chi connectivity index (χ4n) is 2.28. The number of amides is 1. The molecule has 0 bridgehead atoms. The molecular weight excluding hydrogens is 327 g/mol. The summed E-state index contributed by atoms with van der Waals surface area (Å²) in [5.41, 5.74) is 4.49. The molecule has 1 aliphatic rings. The smallest absolute Gasteiger partial charge is 0.266 e. The van der Waals surface area contributed by atoms with E-state index in [1.807, 2.05) is 6.07 Å². The van der Waals surface area contributed by atoms with Gasteiger partial charge in [0, 0.05) is 10.4 Å². The number of nitrogens with one attached hydrogen (secondary N) is 1. The minimum absolute atomic E-state index is 0.191. The Balaban J connectivity index is 1.67. The highest BCUT2D eigenvalue weighted by Gasteiger charge is 2.18. The lowest BCUT2D eigenvalue weighted by Gasteiger charge is -2.00. The SMILES string of the molecule is O=C(N/N=C\c1cccc(Cl)c1Cl)c1cc2c(s1)CCC2. The molecule has 1 aromatic carbocycles. The molecule has 0 fully saturated rings. The Bertz CT molecular complexity index is 703. The summed E-state index contributed by atoms with van der Waals surface area (Å²) in [6.45, 7) is 0. The van der Waals surface area contributed by atoms with Crippen molar-refractivity contribution in [2.75, 3.05) is 0 Å². The maximum atomic E-state index is 12.0. The standard InChI is InChI=1S/C15H12Cl2N2OS/c16-11-5-1-4-10(14(11)17)8-18-19-15(20)13-7-9-3-2-6-12(9)21-13/h1,4-5,7-8H,2-3,6H2,(H,19,20)/b18-8-. The molecule has 1 aliphatic carbocycles. The Morgan fingerprint density at radius 3 is 3.00 bits per heavy atom. The number of aryl methyl sites for hydroxylation is 2. The lowest BCUT2D eigenvalue weighted by Crippen LogP contribution is -2.16. The number of carbonyl (C=O) groups is 1. The molecule has 1 aromatic heterocycles. The third kappa shape index (κ3) is 3.12. The summed E-state index contributed by atoms with van der Waals surface area (Å²) in [5.74, 6) is -0.191. The number of benzene rings is 1. The minimum Gasteiger partial charge on any atom is -0.266 e. The Morgan fingerprint density at radius 2 is 2.19 bits per heavy atom. The number of hydrogen-bond donors (Lipinski definition) is 1. The molecule has 0 saturated carbocycles. The summed E-state index contributed by atoms with van der Waals surface area (Å²) in [7, 11) is 0. The van der Waals surface area contributed by atoms with Gasteiger partial charge in [-0.25, -0.2) is 5.43 Å². The Kier molecular flexibility index (Phi) is 4.29. The van der Waals surface area contributed by atoms with Gasteiger partial charge in [-0.1, -0.05) is 35.3 Å². The van der Waals surface area contributed by atoms with E-state index in [9.17, 15) is 4.79 Å². The summed E-state index contributed by atoms with van der Waals surface area (Å²) in [6.07, 6.45) is 4.83. The summed E-state index contributed by atoms with van der Waals surface area (Å²) in [6, 6.07) is 7.22. The summed E-state index contributed by atoms with van der Waals surface area (Å²) in [5, 5.41) is 4.82. The van der Waals surface area contributed by atoms with Crippen LogP contribution in [0.2, 0.25) is 10.0 Å². The van der Waals surface area contributed by atoms with Crippen LogP contribution in [-0.4, -0.2) is 12.1 Å². The first-order valence-corrected chi connectivity index (χ1v) is 8.11. The molecule has 1 heterocycles. The van der Waals surface area contributed by atoms with Gasteiger partial charge in [0.25, 0.3) is 5.91 Å². The third-order valence-electron chi connectivity index (χ3n) is 3.32. The number of thiophene rings is 1. The van der Waals surface area contributed by atoms with Crippen LogP contribution in [-0.2, 0) is 12.8 Å². The lowest BCUT2D eigenvalue weighted by molar-refractivity contribution is 0.0959. The molecule has 1 amide bonds. The molecule has 0 atom stereocenters. The Morgan fingerprint density at radius 1 is 1.33 bits per heavy atom. The van der Waals surface area contributed by atoms with Crippen LogP contribution in [0.25, 0.3) is 0 Å². The number of rotatable bonds is 3. The highest BCUT2D eigenvalue weighted by atomic mass is 35.5. The van der Waals surface area contributed by atoms with E-state index in [2.05, 4.69) is 10.5 Å². The van der Waals surface area contributed by atoms with Gasteiger partial charge in [0.1, 0.15) is 0 Å². The van der Waals surface area contributed by atoms with E-state index in [0.717, 1.165) is 12.8 Å². The normalized spacial score (nSPS) is 13.6. The van der Waals surface area contributed by atoms with E-state index in [4.69, 9.17) is 23.2 Å². The fourth-order valence-corrected chi connectivity index (χ4v) is 3.78. The van der Waals surface area contributed by atoms with Crippen molar-refractivity contribution >= 4 is 46.7 Å². The minimum atomic E-state index is -0.191. The molecule has 6 heteroatoms. The average Bonchev–Trinajstić information content (AvgIpc) is 3.04. The van der Waals surface area contributed by atoms with Gasteiger partial charge in [-0.05, 0) is 37.0 Å². The molecule has 0 saturated heterocycles. The van der Waals surface area contributed by atoms with Crippen molar-refractivity contribution < 1.29 is 4.79 Å². The first-order chi connectivity index (χ1) is 10.1. The van der Waals surface area contributed by atoms with E-state index in [1.54, 1.807) is 29.5 Å². The quantitative estimate of drug-likeness (QED) is 0.657. The molecule has 0 aliphatic heterocycles. The van der Waals surface area contributed by atoms with Crippen LogP contribution in [0.3, 0.4) is 0 Å². The zero-order valence-corrected chi connectivity index (χ0v) is 13.4. The van der Waals surface area contributed by atoms with Gasteiger partial charge in [-0.2, -0.15) is 5.10 Å². The van der Waals surface area contributed by atoms with Crippen LogP contribution in [0.15, 0.2) is 29.4 Å². The molecule has 3 rings (SSSR count). The van der Waals surface area contributed by atoms with E-state index >= 15 is 0 Å². The average molecular weight is 339 g/mol. The summed E-state index contributed by atoms with van der Waals surface area (Å²) in [4.78, 5) is 14.0. The van der Waals surface area contributed by atoms with Gasteiger partial charge in [0.15, 0.2) is 0 Å². The summed E-state index contributed by atoms with van der Waals surface area (Å²) >= 11 is 13.5. The second-order valence-corrected chi connectivity index (χ2v) is 6.68. The van der Waals surface area contributed by atoms with Gasteiger partial charge in [-0.3, -0.25) is 4.79 Å². The van der Waals surface area contributed by atoms with Crippen molar-refractivity contribution in [1.29, 1.82) is 0 Å². The van der Waals surface area contributed by atoms with Crippen molar-refractivity contribution in [3.63, 3.8) is 0 Å². The van der Waals surface area contributed by atoms with Crippen molar-refractivity contribution in [3.8, 4) is 0 Å². The monoisotopic (exact) mass is 338 g/mol. The molecule has 1 N–H and O–H groups in total. The van der Waals surface area contributed by atoms with Gasteiger partial charge in [-0.15, -0.1) is 11.3 Å². The van der Waals surface area contributed by atoms with E-state index in [1.165, 1.54) is 23.1 Å². The first kappa shape index (κ1) is 14.6. The van der Waals surface area contributed by atoms with Crippen LogP contribution in [0.5, 0.6) is 0 Å². The number of carbonyl (C=O) groups excluding carboxylic acids is 1. The van der Waals surface area contributed by atoms with Crippen LogP contribution >= 0.6 is 34.5 Å². The molecule has 0 radical (unpaired) electrons. The molecule has 2 aromatic rings. The second kappa shape index (κ2) is 6.18. The second-order valence-electron chi connectivity index (χ2n) is 4.75. The van der Waals surface area contributed by atoms with E-state index < -0.39 is 0 Å². The predicted octanol–water partition coefficient (Wildman–Crippen LogP) is 4.31. The van der Waals surface area contributed by atoms with E-state index in [0.29, 0.717) is 20.5 Å². The van der Waals surface area contributed by atoms with Crippen molar-refractivity contribution in [2.24, 2.45) is 5.10 Å². The van der Waals surface area contributed by atoms with Gasteiger partial charge in [0.2, 0.25) is 0 Å². The van der Waals surface area contributed by atoms with E-state index in [-0.39, 0.29) is 5.91 Å². The Hall–Kier alpha value is -1.36. The number of halogens is 2. The maximum Gasteiger partial charge on any atom is 0.281 e. The molecule has 0 spiro atoms. The fraction of sp³-hybridized carbons (Fsp3) is 0.200. The number of fused-ring (bicyclic) bond motifs is 1. The van der Waals surface area contributed by atoms with Gasteiger partial charge in [0.05, 0.1) is 21.1 Å². The first-order valence-electron chi connectivity index (χ1n) is 6.54. The number of hydrogen-bond acceptors (Lipinski definition) is 3. The lowest BCUT2D eigenvalue weighted by atomic mass is 10.2. The molecular formula is C15H12Cl2N2OS. The maximum absolute atomic E-state index is 12.0. The van der Waals surface area contributed by atoms with Crippen molar-refractivity contribution in [1.82, 2.24) is 5.43 Å². The van der Waals surface area contributed by atoms with Gasteiger partial charge >= 0.3 is 0 Å². The number of nitrogens with zero attached hydrogens (tertiary/aromatic N) is 1. The Labute approximate surface area is 136 Å². The zero-order chi connectivity index (χ0) is 14.8. The van der Waals surface area contributed by atoms with Crippen LogP contribution < -0.4 is 5.43 Å². The molecule has 21 heavy (non-hydrogen) atoms. The van der Waals surface area contributed by atoms with Crippen molar-refractivity contribution in [2.45, 2.75) is 19.3 Å². The summed E-state index contributed by atoms with van der Waals surface area (Å²) < 4.78 is 0. The molecule has 0 unspecified atom stereocenters. The van der Waals surface area contributed by atoms with Crippen LogP contribution in [0.4, 0.5) is 0 Å². The predicted molar refractivity (Wildman–Crippen MR) is 87.9 cm³/mol. The van der Waals surface area contributed by atoms with Crippen LogP contribution in [0.1, 0.15) is 32.1 Å². The highest BCUT2D eigenvalue weighted by molar-refractivity contribution is 7.14. The third-order valence-corrected chi connectivity index (χ3v) is 5.39.